The number of nitro benzene ring substituents is 1. The van der Waals surface area contributed by atoms with Crippen molar-refractivity contribution in [2.75, 3.05) is 37.0 Å². The largest absolute Gasteiger partial charge is 0.440 e. The van der Waals surface area contributed by atoms with Crippen LogP contribution in [0.15, 0.2) is 60.9 Å². The molecule has 4 rings (SSSR count). The van der Waals surface area contributed by atoms with E-state index in [1.54, 1.807) is 29.3 Å². The fraction of sp³-hybridized carbons (Fsp3) is 0.280. The summed E-state index contributed by atoms with van der Waals surface area (Å²) in [6.07, 6.45) is 3.07. The number of ether oxygens (including phenoxy) is 1. The number of cyclic esters (lactones) is 1. The molecule has 0 spiro atoms. The van der Waals surface area contributed by atoms with Gasteiger partial charge in [-0.2, -0.15) is 0 Å². The summed E-state index contributed by atoms with van der Waals surface area (Å²) >= 11 is 0. The van der Waals surface area contributed by atoms with Gasteiger partial charge in [-0.05, 0) is 44.2 Å². The van der Waals surface area contributed by atoms with Gasteiger partial charge in [0.15, 0.2) is 5.60 Å². The Morgan fingerprint density at radius 3 is 2.27 bits per heavy atom. The molecule has 0 N–H and O–H groups in total. The third kappa shape index (κ3) is 3.57. The normalized spacial score (nSPS) is 16.8. The standard InChI is InChI=1S/C25H26N4O4/c1-5-28(6-2)18-9-7-17(8-10-18)25(22-16-26-14-13-20(22)24(30)33-25)21-12-11-19(27(3)4)15-23(21)29(31)32/h7-16H,5-6H2,1-4H3. The molecule has 170 valence electrons. The Morgan fingerprint density at radius 2 is 1.67 bits per heavy atom. The van der Waals surface area contributed by atoms with Crippen LogP contribution in [0.25, 0.3) is 0 Å². The lowest BCUT2D eigenvalue weighted by Gasteiger charge is -2.30. The highest BCUT2D eigenvalue weighted by Gasteiger charge is 2.52. The molecule has 0 saturated carbocycles. The lowest BCUT2D eigenvalue weighted by atomic mass is 9.79. The predicted octanol–water partition coefficient (Wildman–Crippen LogP) is 4.36. The Bertz CT molecular complexity index is 1210. The molecule has 0 aliphatic carbocycles. The number of benzene rings is 2. The number of carbonyl (C=O) groups excluding carboxylic acids is 1. The minimum Gasteiger partial charge on any atom is -0.440 e. The first kappa shape index (κ1) is 22.3. The number of carbonyl (C=O) groups is 1. The van der Waals surface area contributed by atoms with E-state index in [4.69, 9.17) is 4.74 Å². The first-order chi connectivity index (χ1) is 15.8. The summed E-state index contributed by atoms with van der Waals surface area (Å²) < 4.78 is 6.03. The number of pyridine rings is 1. The molecular formula is C25H26N4O4. The maximum atomic E-state index is 12.9. The van der Waals surface area contributed by atoms with Crippen molar-refractivity contribution in [3.05, 3.63) is 93.3 Å². The SMILES string of the molecule is CCN(CC)c1ccc(C2(c3ccc(N(C)C)cc3[N+](=O)[O-])OC(=O)c3ccncc32)cc1. The molecule has 0 amide bonds. The summed E-state index contributed by atoms with van der Waals surface area (Å²) in [7, 11) is 3.63. The molecular weight excluding hydrogens is 420 g/mol. The lowest BCUT2D eigenvalue weighted by Crippen LogP contribution is -2.31. The van der Waals surface area contributed by atoms with Gasteiger partial charge in [0, 0.05) is 68.1 Å². The number of esters is 1. The van der Waals surface area contributed by atoms with Gasteiger partial charge in [-0.1, -0.05) is 12.1 Å². The predicted molar refractivity (Wildman–Crippen MR) is 127 cm³/mol. The highest BCUT2D eigenvalue weighted by Crippen LogP contribution is 2.50. The molecule has 0 radical (unpaired) electrons. The number of anilines is 2. The van der Waals surface area contributed by atoms with Gasteiger partial charge in [-0.15, -0.1) is 0 Å². The molecule has 1 aliphatic heterocycles. The van der Waals surface area contributed by atoms with Crippen LogP contribution >= 0.6 is 0 Å². The van der Waals surface area contributed by atoms with Crippen LogP contribution in [-0.2, 0) is 10.3 Å². The van der Waals surface area contributed by atoms with Crippen molar-refractivity contribution >= 4 is 23.0 Å². The molecule has 8 heteroatoms. The van der Waals surface area contributed by atoms with Crippen molar-refractivity contribution in [2.45, 2.75) is 19.4 Å². The summed E-state index contributed by atoms with van der Waals surface area (Å²) in [5, 5.41) is 12.2. The molecule has 1 aliphatic rings. The second kappa shape index (κ2) is 8.54. The molecule has 0 fully saturated rings. The van der Waals surface area contributed by atoms with Gasteiger partial charge in [0.2, 0.25) is 0 Å². The Kier molecular flexibility index (Phi) is 5.76. The minimum absolute atomic E-state index is 0.126. The minimum atomic E-state index is -1.48. The summed E-state index contributed by atoms with van der Waals surface area (Å²) in [6.45, 7) is 5.85. The number of nitrogens with zero attached hydrogens (tertiary/aromatic N) is 4. The smallest absolute Gasteiger partial charge is 0.340 e. The zero-order valence-electron chi connectivity index (χ0n) is 19.1. The van der Waals surface area contributed by atoms with Gasteiger partial charge in [0.25, 0.3) is 5.69 Å². The summed E-state index contributed by atoms with van der Waals surface area (Å²) in [4.78, 5) is 32.8. The van der Waals surface area contributed by atoms with Crippen molar-refractivity contribution in [3.63, 3.8) is 0 Å². The first-order valence-corrected chi connectivity index (χ1v) is 10.8. The van der Waals surface area contributed by atoms with E-state index >= 15 is 0 Å². The topological polar surface area (TPSA) is 88.8 Å². The number of aromatic nitrogens is 1. The van der Waals surface area contributed by atoms with Crippen LogP contribution in [0.4, 0.5) is 17.1 Å². The Balaban J connectivity index is 2.00. The van der Waals surface area contributed by atoms with Crippen molar-refractivity contribution in [2.24, 2.45) is 0 Å². The van der Waals surface area contributed by atoms with E-state index in [-0.39, 0.29) is 11.3 Å². The van der Waals surface area contributed by atoms with Crippen LogP contribution in [0.3, 0.4) is 0 Å². The quantitative estimate of drug-likeness (QED) is 0.303. The number of rotatable bonds is 7. The van der Waals surface area contributed by atoms with E-state index in [9.17, 15) is 14.9 Å². The Hall–Kier alpha value is -3.94. The molecule has 0 saturated heterocycles. The van der Waals surface area contributed by atoms with Gasteiger partial charge in [0.05, 0.1) is 16.1 Å². The molecule has 33 heavy (non-hydrogen) atoms. The second-order valence-corrected chi connectivity index (χ2v) is 8.06. The lowest BCUT2D eigenvalue weighted by molar-refractivity contribution is -0.386. The van der Waals surface area contributed by atoms with E-state index in [0.29, 0.717) is 22.4 Å². The molecule has 2 heterocycles. The van der Waals surface area contributed by atoms with E-state index < -0.39 is 16.5 Å². The van der Waals surface area contributed by atoms with Crippen molar-refractivity contribution in [1.82, 2.24) is 4.98 Å². The number of nitro groups is 1. The van der Waals surface area contributed by atoms with E-state index in [2.05, 4.69) is 23.7 Å². The Morgan fingerprint density at radius 1 is 1.00 bits per heavy atom. The molecule has 3 aromatic rings. The van der Waals surface area contributed by atoms with Gasteiger partial charge < -0.3 is 14.5 Å². The van der Waals surface area contributed by atoms with Gasteiger partial charge >= 0.3 is 5.97 Å². The number of hydrogen-bond donors (Lipinski definition) is 0. The first-order valence-electron chi connectivity index (χ1n) is 10.8. The van der Waals surface area contributed by atoms with Crippen LogP contribution in [0.5, 0.6) is 0 Å². The molecule has 1 unspecified atom stereocenters. The summed E-state index contributed by atoms with van der Waals surface area (Å²) in [6, 6.07) is 14.2. The monoisotopic (exact) mass is 446 g/mol. The Labute approximate surface area is 192 Å². The van der Waals surface area contributed by atoms with Crippen LogP contribution in [-0.4, -0.2) is 43.1 Å². The molecule has 0 bridgehead atoms. The van der Waals surface area contributed by atoms with Crippen LogP contribution in [0.2, 0.25) is 0 Å². The molecule has 1 atom stereocenters. The maximum Gasteiger partial charge on any atom is 0.340 e. The third-order valence-electron chi connectivity index (χ3n) is 6.14. The van der Waals surface area contributed by atoms with Crippen LogP contribution in [0, 0.1) is 10.1 Å². The maximum absolute atomic E-state index is 12.9. The number of hydrogen-bond acceptors (Lipinski definition) is 7. The highest BCUT2D eigenvalue weighted by molar-refractivity contribution is 5.96. The highest BCUT2D eigenvalue weighted by atomic mass is 16.6. The van der Waals surface area contributed by atoms with E-state index in [0.717, 1.165) is 18.8 Å². The number of fused-ring (bicyclic) bond motifs is 1. The third-order valence-corrected chi connectivity index (χ3v) is 6.14. The average molecular weight is 447 g/mol. The van der Waals surface area contributed by atoms with Crippen molar-refractivity contribution < 1.29 is 14.5 Å². The van der Waals surface area contributed by atoms with Crippen LogP contribution in [0.1, 0.15) is 40.9 Å². The van der Waals surface area contributed by atoms with Crippen molar-refractivity contribution in [1.29, 1.82) is 0 Å². The van der Waals surface area contributed by atoms with E-state index in [1.807, 2.05) is 38.4 Å². The summed E-state index contributed by atoms with van der Waals surface area (Å²) in [5.41, 5.74) is 1.84. The zero-order valence-corrected chi connectivity index (χ0v) is 19.1. The molecule has 1 aromatic heterocycles. The zero-order chi connectivity index (χ0) is 23.8. The van der Waals surface area contributed by atoms with Crippen molar-refractivity contribution in [3.8, 4) is 0 Å². The fourth-order valence-corrected chi connectivity index (χ4v) is 4.41. The van der Waals surface area contributed by atoms with Gasteiger partial charge in [0.1, 0.15) is 0 Å². The molecule has 2 aromatic carbocycles. The van der Waals surface area contributed by atoms with Gasteiger partial charge in [-0.25, -0.2) is 4.79 Å². The summed E-state index contributed by atoms with van der Waals surface area (Å²) in [5.74, 6) is -0.536. The van der Waals surface area contributed by atoms with Gasteiger partial charge in [-0.3, -0.25) is 15.1 Å². The second-order valence-electron chi connectivity index (χ2n) is 8.06. The van der Waals surface area contributed by atoms with E-state index in [1.165, 1.54) is 12.3 Å². The fourth-order valence-electron chi connectivity index (χ4n) is 4.41. The van der Waals surface area contributed by atoms with Crippen LogP contribution < -0.4 is 9.80 Å². The average Bonchev–Trinajstić information content (AvgIpc) is 3.13. The molecule has 8 nitrogen and oxygen atoms in total.